The third-order valence-corrected chi connectivity index (χ3v) is 8.31. The number of allylic oxidation sites excluding steroid dienone is 1. The van der Waals surface area contributed by atoms with E-state index >= 15 is 0 Å². The Morgan fingerprint density at radius 2 is 1.89 bits per heavy atom. The lowest BCUT2D eigenvalue weighted by atomic mass is 9.73. The summed E-state index contributed by atoms with van der Waals surface area (Å²) >= 11 is 0. The van der Waals surface area contributed by atoms with Gasteiger partial charge in [0.15, 0.2) is 5.69 Å². The van der Waals surface area contributed by atoms with Gasteiger partial charge in [0.2, 0.25) is 0 Å². The van der Waals surface area contributed by atoms with Crippen LogP contribution in [0.5, 0.6) is 0 Å². The lowest BCUT2D eigenvalue weighted by Gasteiger charge is -2.39. The molecule has 1 atom stereocenters. The van der Waals surface area contributed by atoms with Crippen LogP contribution in [-0.2, 0) is 29.5 Å². The topological polar surface area (TPSA) is 59.4 Å². The highest BCUT2D eigenvalue weighted by atomic mass is 16.5. The van der Waals surface area contributed by atoms with Crippen LogP contribution in [0.3, 0.4) is 0 Å². The van der Waals surface area contributed by atoms with Crippen molar-refractivity contribution in [2.75, 3.05) is 32.8 Å². The van der Waals surface area contributed by atoms with E-state index in [1.54, 1.807) is 0 Å². The molecule has 188 valence electrons. The predicted octanol–water partition coefficient (Wildman–Crippen LogP) is 4.28. The molecule has 1 aromatic carbocycles. The van der Waals surface area contributed by atoms with Gasteiger partial charge in [-0.1, -0.05) is 49.2 Å². The van der Waals surface area contributed by atoms with Crippen molar-refractivity contribution in [3.8, 4) is 0 Å². The first kappa shape index (κ1) is 24.3. The second-order valence-corrected chi connectivity index (χ2v) is 10.5. The number of rotatable bonds is 7. The lowest BCUT2D eigenvalue weighted by Crippen LogP contribution is -2.47. The van der Waals surface area contributed by atoms with Crippen molar-refractivity contribution in [3.05, 3.63) is 65.5 Å². The maximum absolute atomic E-state index is 13.6. The van der Waals surface area contributed by atoms with Crippen molar-refractivity contribution in [1.82, 2.24) is 20.0 Å². The van der Waals surface area contributed by atoms with E-state index in [2.05, 4.69) is 42.2 Å². The van der Waals surface area contributed by atoms with Gasteiger partial charge >= 0.3 is 0 Å². The predicted molar refractivity (Wildman–Crippen MR) is 139 cm³/mol. The fourth-order valence-corrected chi connectivity index (χ4v) is 6.19. The van der Waals surface area contributed by atoms with Gasteiger partial charge < -0.3 is 15.0 Å². The first-order valence-electron chi connectivity index (χ1n) is 13.6. The van der Waals surface area contributed by atoms with Gasteiger partial charge in [-0.25, -0.2) is 0 Å². The van der Waals surface area contributed by atoms with Crippen LogP contribution >= 0.6 is 0 Å². The zero-order chi connectivity index (χ0) is 24.1. The van der Waals surface area contributed by atoms with E-state index in [9.17, 15) is 4.79 Å². The number of carbonyl (C=O) groups is 1. The summed E-state index contributed by atoms with van der Waals surface area (Å²) < 4.78 is 7.75. The zero-order valence-corrected chi connectivity index (χ0v) is 21.0. The summed E-state index contributed by atoms with van der Waals surface area (Å²) in [6.45, 7) is 8.85. The Balaban J connectivity index is 1.34. The molecule has 5 rings (SSSR count). The average Bonchev–Trinajstić information content (AvgIpc) is 3.06. The normalized spacial score (nSPS) is 22.3. The van der Waals surface area contributed by atoms with Crippen LogP contribution in [0.4, 0.5) is 0 Å². The molecule has 2 saturated heterocycles. The van der Waals surface area contributed by atoms with E-state index in [1.807, 2.05) is 15.7 Å². The molecule has 0 saturated carbocycles. The van der Waals surface area contributed by atoms with Crippen molar-refractivity contribution in [2.24, 2.45) is 0 Å². The van der Waals surface area contributed by atoms with E-state index in [-0.39, 0.29) is 11.3 Å². The highest BCUT2D eigenvalue weighted by Gasteiger charge is 2.36. The molecule has 6 nitrogen and oxygen atoms in total. The molecule has 2 aromatic rings. The van der Waals surface area contributed by atoms with Crippen molar-refractivity contribution in [1.29, 1.82) is 0 Å². The van der Waals surface area contributed by atoms with Crippen molar-refractivity contribution in [3.63, 3.8) is 0 Å². The third-order valence-electron chi connectivity index (χ3n) is 8.31. The van der Waals surface area contributed by atoms with E-state index in [1.165, 1.54) is 24.1 Å². The number of hydrogen-bond donors (Lipinski definition) is 1. The maximum atomic E-state index is 13.6. The SMILES string of the molecule is C=CCn1nc(C(=O)N2CCCCCC2)c2c1CC[C@@H](NCC1(c3ccccc3)CCOCC1)C2. The van der Waals surface area contributed by atoms with Crippen LogP contribution in [0.2, 0.25) is 0 Å². The first-order valence-corrected chi connectivity index (χ1v) is 13.6. The lowest BCUT2D eigenvalue weighted by molar-refractivity contribution is 0.0486. The number of likely N-dealkylation sites (tertiary alicyclic amines) is 1. The van der Waals surface area contributed by atoms with Crippen molar-refractivity contribution < 1.29 is 9.53 Å². The van der Waals surface area contributed by atoms with Gasteiger partial charge in [0.1, 0.15) is 0 Å². The van der Waals surface area contributed by atoms with Gasteiger partial charge in [0.25, 0.3) is 5.91 Å². The Kier molecular flexibility index (Phi) is 7.69. The quantitative estimate of drug-likeness (QED) is 0.606. The van der Waals surface area contributed by atoms with Gasteiger partial charge in [-0.2, -0.15) is 5.10 Å². The van der Waals surface area contributed by atoms with Crippen LogP contribution in [0.1, 0.15) is 72.3 Å². The Hall–Kier alpha value is -2.44. The molecule has 0 spiro atoms. The number of carbonyl (C=O) groups excluding carboxylic acids is 1. The molecule has 1 amide bonds. The molecule has 6 heteroatoms. The third kappa shape index (κ3) is 5.24. The molecule has 0 bridgehead atoms. The second kappa shape index (κ2) is 11.1. The zero-order valence-electron chi connectivity index (χ0n) is 21.0. The summed E-state index contributed by atoms with van der Waals surface area (Å²) in [5, 5.41) is 8.77. The molecule has 1 aromatic heterocycles. The highest BCUT2D eigenvalue weighted by Crippen LogP contribution is 2.35. The summed E-state index contributed by atoms with van der Waals surface area (Å²) in [6.07, 6.45) is 11.5. The maximum Gasteiger partial charge on any atom is 0.274 e. The molecule has 1 aliphatic carbocycles. The van der Waals surface area contributed by atoms with Crippen LogP contribution in [0, 0.1) is 0 Å². The fourth-order valence-electron chi connectivity index (χ4n) is 6.19. The van der Waals surface area contributed by atoms with Crippen LogP contribution in [0.15, 0.2) is 43.0 Å². The summed E-state index contributed by atoms with van der Waals surface area (Å²) in [6, 6.07) is 11.3. The Morgan fingerprint density at radius 1 is 1.14 bits per heavy atom. The van der Waals surface area contributed by atoms with Gasteiger partial charge in [-0.3, -0.25) is 9.48 Å². The Bertz CT molecular complexity index is 1000. The number of benzene rings is 1. The van der Waals surface area contributed by atoms with E-state index in [0.29, 0.717) is 18.3 Å². The monoisotopic (exact) mass is 476 g/mol. The summed E-state index contributed by atoms with van der Waals surface area (Å²) in [7, 11) is 0. The van der Waals surface area contributed by atoms with Gasteiger partial charge in [-0.05, 0) is 50.5 Å². The van der Waals surface area contributed by atoms with Crippen LogP contribution in [0.25, 0.3) is 0 Å². The molecular formula is C29H40N4O2. The minimum Gasteiger partial charge on any atom is -0.381 e. The standard InChI is InChI=1S/C29H40N4O2/c1-2-16-33-26-13-12-24(21-25(26)27(31-33)28(34)32-17-8-3-4-9-18-32)30-22-29(14-19-35-20-15-29)23-10-6-5-7-11-23/h2,5-7,10-11,24,30H,1,3-4,8-9,12-22H2/t24-/m1/s1. The van der Waals surface area contributed by atoms with E-state index in [0.717, 1.165) is 83.4 Å². The molecule has 2 aliphatic heterocycles. The number of hydrogen-bond acceptors (Lipinski definition) is 4. The average molecular weight is 477 g/mol. The van der Waals surface area contributed by atoms with Gasteiger partial charge in [0, 0.05) is 55.6 Å². The van der Waals surface area contributed by atoms with Crippen LogP contribution < -0.4 is 5.32 Å². The van der Waals surface area contributed by atoms with E-state index < -0.39 is 0 Å². The van der Waals surface area contributed by atoms with Crippen LogP contribution in [-0.4, -0.2) is 59.5 Å². The van der Waals surface area contributed by atoms with Crippen molar-refractivity contribution in [2.45, 2.75) is 75.8 Å². The molecule has 3 aliphatic rings. The number of aromatic nitrogens is 2. The molecule has 0 unspecified atom stereocenters. The highest BCUT2D eigenvalue weighted by molar-refractivity contribution is 5.94. The minimum absolute atomic E-state index is 0.109. The molecule has 3 heterocycles. The smallest absolute Gasteiger partial charge is 0.274 e. The Morgan fingerprint density at radius 3 is 2.60 bits per heavy atom. The minimum atomic E-state index is 0.109. The molecule has 1 N–H and O–H groups in total. The largest absolute Gasteiger partial charge is 0.381 e. The number of nitrogens with one attached hydrogen (secondary N) is 1. The molecule has 35 heavy (non-hydrogen) atoms. The van der Waals surface area contributed by atoms with Gasteiger partial charge in [0.05, 0.1) is 6.54 Å². The molecular weight excluding hydrogens is 436 g/mol. The molecule has 2 fully saturated rings. The fraction of sp³-hybridized carbons (Fsp3) is 0.586. The Labute approximate surface area is 209 Å². The van der Waals surface area contributed by atoms with Gasteiger partial charge in [-0.15, -0.1) is 6.58 Å². The number of amides is 1. The number of ether oxygens (including phenoxy) is 1. The number of fused-ring (bicyclic) bond motifs is 1. The second-order valence-electron chi connectivity index (χ2n) is 10.5. The number of nitrogens with zero attached hydrogens (tertiary/aromatic N) is 3. The summed E-state index contributed by atoms with van der Waals surface area (Å²) in [5.41, 5.74) is 4.58. The molecule has 0 radical (unpaired) electrons. The van der Waals surface area contributed by atoms with E-state index in [4.69, 9.17) is 9.84 Å². The summed E-state index contributed by atoms with van der Waals surface area (Å²) in [4.78, 5) is 15.6. The first-order chi connectivity index (χ1) is 17.2. The van der Waals surface area contributed by atoms with Crippen molar-refractivity contribution >= 4 is 5.91 Å². The summed E-state index contributed by atoms with van der Waals surface area (Å²) in [5.74, 6) is 0.122.